The zero-order valence-electron chi connectivity index (χ0n) is 14.8. The summed E-state index contributed by atoms with van der Waals surface area (Å²) in [7, 11) is 0. The lowest BCUT2D eigenvalue weighted by Crippen LogP contribution is -2.28. The zero-order valence-corrected chi connectivity index (χ0v) is 16.3. The molecule has 4 aromatic rings. The van der Waals surface area contributed by atoms with E-state index in [1.807, 2.05) is 6.07 Å². The van der Waals surface area contributed by atoms with E-state index in [4.69, 9.17) is 4.74 Å². The Labute approximate surface area is 171 Å². The molecule has 0 fully saturated rings. The van der Waals surface area contributed by atoms with Crippen LogP contribution in [-0.2, 0) is 11.3 Å². The van der Waals surface area contributed by atoms with Gasteiger partial charge in [0.15, 0.2) is 0 Å². The normalized spacial score (nSPS) is 10.8. The third-order valence-electron chi connectivity index (χ3n) is 3.93. The minimum absolute atomic E-state index is 0.00443. The van der Waals surface area contributed by atoms with Crippen LogP contribution in [0.3, 0.4) is 0 Å². The summed E-state index contributed by atoms with van der Waals surface area (Å²) in [5.74, 6) is -0.555. The van der Waals surface area contributed by atoms with Gasteiger partial charge in [-0.15, -0.1) is 5.10 Å². The lowest BCUT2D eigenvalue weighted by Gasteiger charge is -2.06. The molecular formula is C19H13BrFN5O3. The van der Waals surface area contributed by atoms with Gasteiger partial charge in [-0.1, -0.05) is 34.1 Å². The van der Waals surface area contributed by atoms with Gasteiger partial charge in [0.1, 0.15) is 18.1 Å². The van der Waals surface area contributed by atoms with E-state index in [1.165, 1.54) is 28.9 Å². The number of nitrogens with zero attached hydrogens (tertiary/aromatic N) is 4. The Bertz CT molecular complexity index is 1260. The van der Waals surface area contributed by atoms with Crippen LogP contribution in [0.5, 0.6) is 11.6 Å². The highest BCUT2D eigenvalue weighted by atomic mass is 79.9. The number of nitrogens with one attached hydrogen (secondary N) is 1. The Kier molecular flexibility index (Phi) is 5.09. The van der Waals surface area contributed by atoms with E-state index in [-0.39, 0.29) is 17.2 Å². The maximum absolute atomic E-state index is 13.9. The number of hydrogen-bond acceptors (Lipinski definition) is 5. The molecule has 0 bridgehead atoms. The minimum Gasteiger partial charge on any atom is -0.436 e. The first kappa shape index (κ1) is 18.8. The first-order valence-corrected chi connectivity index (χ1v) is 9.22. The van der Waals surface area contributed by atoms with Crippen LogP contribution in [0, 0.1) is 5.82 Å². The monoisotopic (exact) mass is 457 g/mol. The standard InChI is InChI=1S/C19H13BrFN5O3/c20-12-6-7-15(14(21)10-12)23-16(27)11-26-19(28)25-9-8-22-18(17(25)24-26)29-13-4-2-1-3-5-13/h1-10H,11H2,(H,23,27). The summed E-state index contributed by atoms with van der Waals surface area (Å²) in [6.07, 6.45) is 2.82. The number of benzene rings is 2. The third kappa shape index (κ3) is 4.02. The fourth-order valence-corrected chi connectivity index (χ4v) is 2.95. The number of fused-ring (bicyclic) bond motifs is 1. The molecule has 0 atom stereocenters. The van der Waals surface area contributed by atoms with Crippen LogP contribution >= 0.6 is 15.9 Å². The van der Waals surface area contributed by atoms with Gasteiger partial charge in [-0.2, -0.15) is 0 Å². The number of rotatable bonds is 5. The number of hydrogen-bond donors (Lipinski definition) is 1. The molecule has 0 unspecified atom stereocenters. The van der Waals surface area contributed by atoms with Gasteiger partial charge in [0.2, 0.25) is 11.6 Å². The molecule has 2 aromatic heterocycles. The molecule has 0 aliphatic heterocycles. The van der Waals surface area contributed by atoms with E-state index in [0.29, 0.717) is 10.2 Å². The summed E-state index contributed by atoms with van der Waals surface area (Å²) in [5.41, 5.74) is -0.388. The molecule has 1 N–H and O–H groups in total. The van der Waals surface area contributed by atoms with E-state index in [0.717, 1.165) is 4.68 Å². The van der Waals surface area contributed by atoms with Gasteiger partial charge >= 0.3 is 5.69 Å². The van der Waals surface area contributed by atoms with E-state index in [9.17, 15) is 14.0 Å². The van der Waals surface area contributed by atoms with Gasteiger partial charge in [-0.25, -0.2) is 23.3 Å². The van der Waals surface area contributed by atoms with Crippen molar-refractivity contribution in [1.29, 1.82) is 0 Å². The molecule has 0 saturated heterocycles. The number of carbonyl (C=O) groups is 1. The largest absolute Gasteiger partial charge is 0.436 e. The fourth-order valence-electron chi connectivity index (χ4n) is 2.62. The number of ether oxygens (including phenoxy) is 1. The van der Waals surface area contributed by atoms with Crippen molar-refractivity contribution in [1.82, 2.24) is 19.2 Å². The van der Waals surface area contributed by atoms with Crippen LogP contribution in [0.2, 0.25) is 0 Å². The van der Waals surface area contributed by atoms with Crippen molar-refractivity contribution < 1.29 is 13.9 Å². The van der Waals surface area contributed by atoms with E-state index >= 15 is 0 Å². The average molecular weight is 458 g/mol. The lowest BCUT2D eigenvalue weighted by molar-refractivity contribution is -0.117. The molecule has 2 aromatic carbocycles. The highest BCUT2D eigenvalue weighted by Crippen LogP contribution is 2.21. The highest BCUT2D eigenvalue weighted by molar-refractivity contribution is 9.10. The predicted octanol–water partition coefficient (Wildman–Crippen LogP) is 3.22. The Balaban J connectivity index is 1.59. The lowest BCUT2D eigenvalue weighted by atomic mass is 10.3. The van der Waals surface area contributed by atoms with Gasteiger partial charge in [-0.05, 0) is 30.3 Å². The summed E-state index contributed by atoms with van der Waals surface area (Å²) in [6.45, 7) is -0.402. The van der Waals surface area contributed by atoms with Crippen LogP contribution in [0.1, 0.15) is 0 Å². The first-order valence-electron chi connectivity index (χ1n) is 8.43. The summed E-state index contributed by atoms with van der Waals surface area (Å²) in [4.78, 5) is 28.9. The maximum Gasteiger partial charge on any atom is 0.351 e. The highest BCUT2D eigenvalue weighted by Gasteiger charge is 2.16. The zero-order chi connectivity index (χ0) is 20.4. The minimum atomic E-state index is -0.602. The van der Waals surface area contributed by atoms with Crippen molar-refractivity contribution in [3.05, 3.63) is 81.7 Å². The van der Waals surface area contributed by atoms with Crippen molar-refractivity contribution >= 4 is 33.2 Å². The quantitative estimate of drug-likeness (QED) is 0.496. The summed E-state index contributed by atoms with van der Waals surface area (Å²) in [5, 5.41) is 6.57. The molecule has 1 amide bonds. The molecule has 146 valence electrons. The van der Waals surface area contributed by atoms with E-state index in [2.05, 4.69) is 31.3 Å². The van der Waals surface area contributed by atoms with Crippen LogP contribution in [0.4, 0.5) is 10.1 Å². The molecule has 4 rings (SSSR count). The molecule has 8 nitrogen and oxygen atoms in total. The van der Waals surface area contributed by atoms with Crippen molar-refractivity contribution in [3.8, 4) is 11.6 Å². The average Bonchev–Trinajstić information content (AvgIpc) is 3.02. The van der Waals surface area contributed by atoms with Crippen LogP contribution in [-0.4, -0.2) is 25.1 Å². The Morgan fingerprint density at radius 2 is 2.00 bits per heavy atom. The molecule has 2 heterocycles. The third-order valence-corrected chi connectivity index (χ3v) is 4.42. The van der Waals surface area contributed by atoms with Crippen molar-refractivity contribution in [3.63, 3.8) is 0 Å². The topological polar surface area (TPSA) is 90.5 Å². The van der Waals surface area contributed by atoms with Crippen LogP contribution in [0.25, 0.3) is 5.65 Å². The van der Waals surface area contributed by atoms with Crippen molar-refractivity contribution in [2.75, 3.05) is 5.32 Å². The smallest absolute Gasteiger partial charge is 0.351 e. The number of aromatic nitrogens is 4. The second-order valence-corrected chi connectivity index (χ2v) is 6.87. The van der Waals surface area contributed by atoms with Crippen molar-refractivity contribution in [2.45, 2.75) is 6.54 Å². The van der Waals surface area contributed by atoms with E-state index in [1.54, 1.807) is 30.3 Å². The van der Waals surface area contributed by atoms with Gasteiger partial charge in [0.05, 0.1) is 5.69 Å². The second-order valence-electron chi connectivity index (χ2n) is 5.95. The Hall–Kier alpha value is -3.53. The van der Waals surface area contributed by atoms with Crippen LogP contribution in [0.15, 0.2) is 70.2 Å². The predicted molar refractivity (Wildman–Crippen MR) is 106 cm³/mol. The molecule has 0 spiro atoms. The summed E-state index contributed by atoms with van der Waals surface area (Å²) >= 11 is 3.15. The Morgan fingerprint density at radius 3 is 2.76 bits per heavy atom. The van der Waals surface area contributed by atoms with Crippen LogP contribution < -0.4 is 15.7 Å². The Morgan fingerprint density at radius 1 is 1.21 bits per heavy atom. The number of carbonyl (C=O) groups excluding carboxylic acids is 1. The second kappa shape index (κ2) is 7.84. The molecule has 0 aliphatic rings. The molecule has 0 aliphatic carbocycles. The molecular weight excluding hydrogens is 445 g/mol. The molecule has 10 heteroatoms. The fraction of sp³-hybridized carbons (Fsp3) is 0.0526. The molecule has 0 radical (unpaired) electrons. The SMILES string of the molecule is O=C(Cn1nc2c(Oc3ccccc3)nccn2c1=O)Nc1ccc(Br)cc1F. The summed E-state index contributed by atoms with van der Waals surface area (Å²) in [6, 6.07) is 13.1. The van der Waals surface area contributed by atoms with Gasteiger partial charge < -0.3 is 10.1 Å². The maximum atomic E-state index is 13.9. The number of halogens is 2. The molecule has 0 saturated carbocycles. The number of amides is 1. The molecule has 29 heavy (non-hydrogen) atoms. The summed E-state index contributed by atoms with van der Waals surface area (Å²) < 4.78 is 22.3. The number of anilines is 1. The van der Waals surface area contributed by atoms with Gasteiger partial charge in [-0.3, -0.25) is 4.79 Å². The van der Waals surface area contributed by atoms with E-state index < -0.39 is 24.0 Å². The first-order chi connectivity index (χ1) is 14.0. The van der Waals surface area contributed by atoms with Gasteiger partial charge in [0.25, 0.3) is 5.88 Å². The number of para-hydroxylation sites is 1. The van der Waals surface area contributed by atoms with Gasteiger partial charge in [0, 0.05) is 16.9 Å². The van der Waals surface area contributed by atoms with Crippen molar-refractivity contribution in [2.24, 2.45) is 0 Å².